The molecule has 0 bridgehead atoms. The Bertz CT molecular complexity index is 396. The van der Waals surface area contributed by atoms with Crippen molar-refractivity contribution in [1.82, 2.24) is 5.43 Å². The molecule has 1 rings (SSSR count). The molecule has 0 spiro atoms. The molecule has 1 amide bonds. The van der Waals surface area contributed by atoms with Gasteiger partial charge in [-0.1, -0.05) is 19.9 Å². The predicted octanol–water partition coefficient (Wildman–Crippen LogP) is 2.73. The van der Waals surface area contributed by atoms with Gasteiger partial charge in [0.1, 0.15) is 5.82 Å². The lowest BCUT2D eigenvalue weighted by Crippen LogP contribution is -2.19. The minimum atomic E-state index is -0.428. The Labute approximate surface area is 94.4 Å². The fourth-order valence-electron chi connectivity index (χ4n) is 1.23. The van der Waals surface area contributed by atoms with Crippen molar-refractivity contribution in [3.8, 4) is 0 Å². The number of hydrazone groups is 1. The van der Waals surface area contributed by atoms with Gasteiger partial charge in [0.15, 0.2) is 0 Å². The highest BCUT2D eigenvalue weighted by Crippen LogP contribution is 2.03. The molecule has 0 unspecified atom stereocenters. The third kappa shape index (κ3) is 3.46. The van der Waals surface area contributed by atoms with Gasteiger partial charge in [0.25, 0.3) is 5.91 Å². The fraction of sp³-hybridized carbons (Fsp3) is 0.333. The number of amides is 1. The van der Waals surface area contributed by atoms with Gasteiger partial charge >= 0.3 is 0 Å². The molecule has 0 aliphatic rings. The van der Waals surface area contributed by atoms with E-state index < -0.39 is 5.82 Å². The summed E-state index contributed by atoms with van der Waals surface area (Å²) in [5.74, 6) is -0.818. The Morgan fingerprint density at radius 2 is 2.06 bits per heavy atom. The Hall–Kier alpha value is -1.71. The molecule has 0 atom stereocenters. The van der Waals surface area contributed by atoms with Crippen molar-refractivity contribution in [2.45, 2.75) is 26.7 Å². The van der Waals surface area contributed by atoms with Crippen LogP contribution >= 0.6 is 0 Å². The number of hydrogen-bond acceptors (Lipinski definition) is 2. The summed E-state index contributed by atoms with van der Waals surface area (Å²) in [6.07, 6.45) is 1.58. The first-order valence-electron chi connectivity index (χ1n) is 5.28. The Kier molecular flexibility index (Phi) is 4.64. The van der Waals surface area contributed by atoms with Crippen LogP contribution in [0.5, 0.6) is 0 Å². The summed E-state index contributed by atoms with van der Waals surface area (Å²) >= 11 is 0. The maximum absolute atomic E-state index is 12.8. The van der Waals surface area contributed by atoms with E-state index in [0.29, 0.717) is 0 Å². The monoisotopic (exact) mass is 222 g/mol. The molecule has 86 valence electrons. The molecule has 0 aliphatic carbocycles. The highest BCUT2D eigenvalue weighted by molar-refractivity contribution is 5.95. The third-order valence-corrected chi connectivity index (χ3v) is 2.22. The highest BCUT2D eigenvalue weighted by atomic mass is 19.1. The van der Waals surface area contributed by atoms with E-state index >= 15 is 0 Å². The van der Waals surface area contributed by atoms with Crippen molar-refractivity contribution in [3.05, 3.63) is 35.6 Å². The smallest absolute Gasteiger partial charge is 0.267 e. The van der Waals surface area contributed by atoms with E-state index in [2.05, 4.69) is 10.5 Å². The first-order valence-corrected chi connectivity index (χ1v) is 5.28. The average molecular weight is 222 g/mol. The number of halogens is 1. The minimum Gasteiger partial charge on any atom is -0.267 e. The van der Waals surface area contributed by atoms with Crippen molar-refractivity contribution < 1.29 is 9.18 Å². The molecule has 0 aliphatic heterocycles. The van der Waals surface area contributed by atoms with E-state index in [0.717, 1.165) is 18.6 Å². The van der Waals surface area contributed by atoms with Crippen molar-refractivity contribution in [1.29, 1.82) is 0 Å². The Morgan fingerprint density at radius 3 is 2.62 bits per heavy atom. The second kappa shape index (κ2) is 6.00. The van der Waals surface area contributed by atoms with Gasteiger partial charge in [-0.3, -0.25) is 4.79 Å². The van der Waals surface area contributed by atoms with Crippen LogP contribution in [0, 0.1) is 5.82 Å². The summed E-state index contributed by atoms with van der Waals surface area (Å²) in [6.45, 7) is 3.94. The molecule has 0 saturated carbocycles. The molecule has 0 aromatic heterocycles. The minimum absolute atomic E-state index is 0.273. The lowest BCUT2D eigenvalue weighted by atomic mass is 10.2. The highest BCUT2D eigenvalue weighted by Gasteiger charge is 2.05. The zero-order valence-corrected chi connectivity index (χ0v) is 9.46. The maximum Gasteiger partial charge on any atom is 0.271 e. The SMILES string of the molecule is CCC(CC)=NNC(=O)c1cccc(F)c1. The molecular weight excluding hydrogens is 207 g/mol. The normalized spacial score (nSPS) is 9.69. The molecule has 0 heterocycles. The maximum atomic E-state index is 12.8. The first-order chi connectivity index (χ1) is 7.67. The van der Waals surface area contributed by atoms with Crippen LogP contribution in [0.4, 0.5) is 4.39 Å². The van der Waals surface area contributed by atoms with Crippen molar-refractivity contribution in [2.75, 3.05) is 0 Å². The van der Waals surface area contributed by atoms with Gasteiger partial charge < -0.3 is 0 Å². The van der Waals surface area contributed by atoms with Crippen molar-refractivity contribution in [3.63, 3.8) is 0 Å². The van der Waals surface area contributed by atoms with Gasteiger partial charge in [0.05, 0.1) is 0 Å². The molecule has 1 aromatic rings. The van der Waals surface area contributed by atoms with Crippen molar-refractivity contribution >= 4 is 11.6 Å². The van der Waals surface area contributed by atoms with Crippen LogP contribution in [-0.2, 0) is 0 Å². The number of benzene rings is 1. The second-order valence-electron chi connectivity index (χ2n) is 3.34. The van der Waals surface area contributed by atoms with Gasteiger partial charge in [-0.15, -0.1) is 0 Å². The van der Waals surface area contributed by atoms with Gasteiger partial charge in [-0.05, 0) is 31.0 Å². The first kappa shape index (κ1) is 12.4. The summed E-state index contributed by atoms with van der Waals surface area (Å²) in [5, 5.41) is 3.96. The van der Waals surface area contributed by atoms with E-state index in [1.807, 2.05) is 13.8 Å². The average Bonchev–Trinajstić information content (AvgIpc) is 2.30. The van der Waals surface area contributed by atoms with E-state index in [4.69, 9.17) is 0 Å². The zero-order chi connectivity index (χ0) is 12.0. The van der Waals surface area contributed by atoms with Gasteiger partial charge in [-0.2, -0.15) is 5.10 Å². The van der Waals surface area contributed by atoms with E-state index in [-0.39, 0.29) is 11.5 Å². The van der Waals surface area contributed by atoms with Crippen LogP contribution < -0.4 is 5.43 Å². The summed E-state index contributed by atoms with van der Waals surface area (Å²) in [4.78, 5) is 11.5. The molecule has 0 saturated heterocycles. The molecular formula is C12H15FN2O. The predicted molar refractivity (Wildman–Crippen MR) is 61.9 cm³/mol. The van der Waals surface area contributed by atoms with Crippen LogP contribution in [0.25, 0.3) is 0 Å². The van der Waals surface area contributed by atoms with E-state index in [1.54, 1.807) is 6.07 Å². The second-order valence-corrected chi connectivity index (χ2v) is 3.34. The van der Waals surface area contributed by atoms with Gasteiger partial charge in [0.2, 0.25) is 0 Å². The molecule has 1 N–H and O–H groups in total. The fourth-order valence-corrected chi connectivity index (χ4v) is 1.23. The van der Waals surface area contributed by atoms with Crippen LogP contribution in [-0.4, -0.2) is 11.6 Å². The number of nitrogens with zero attached hydrogens (tertiary/aromatic N) is 1. The standard InChI is InChI=1S/C12H15FN2O/c1-3-11(4-2)14-15-12(16)9-6-5-7-10(13)8-9/h5-8H,3-4H2,1-2H3,(H,15,16). The van der Waals surface area contributed by atoms with Crippen LogP contribution in [0.3, 0.4) is 0 Å². The molecule has 0 fully saturated rings. The number of rotatable bonds is 4. The van der Waals surface area contributed by atoms with Crippen molar-refractivity contribution in [2.24, 2.45) is 5.10 Å². The van der Waals surface area contributed by atoms with Crippen LogP contribution in [0.1, 0.15) is 37.0 Å². The lowest BCUT2D eigenvalue weighted by Gasteiger charge is -2.02. The van der Waals surface area contributed by atoms with E-state index in [9.17, 15) is 9.18 Å². The Morgan fingerprint density at radius 1 is 1.38 bits per heavy atom. The number of carbonyl (C=O) groups is 1. The molecule has 3 nitrogen and oxygen atoms in total. The van der Waals surface area contributed by atoms with Gasteiger partial charge in [-0.25, -0.2) is 9.82 Å². The summed E-state index contributed by atoms with van der Waals surface area (Å²) in [7, 11) is 0. The zero-order valence-electron chi connectivity index (χ0n) is 9.46. The molecule has 0 radical (unpaired) electrons. The largest absolute Gasteiger partial charge is 0.271 e. The third-order valence-electron chi connectivity index (χ3n) is 2.22. The van der Waals surface area contributed by atoms with E-state index in [1.165, 1.54) is 18.2 Å². The van der Waals surface area contributed by atoms with Crippen LogP contribution in [0.15, 0.2) is 29.4 Å². The van der Waals surface area contributed by atoms with Crippen LogP contribution in [0.2, 0.25) is 0 Å². The quantitative estimate of drug-likeness (QED) is 0.617. The number of carbonyl (C=O) groups excluding carboxylic acids is 1. The van der Waals surface area contributed by atoms with Gasteiger partial charge in [0, 0.05) is 11.3 Å². The molecule has 4 heteroatoms. The molecule has 1 aromatic carbocycles. The number of hydrogen-bond donors (Lipinski definition) is 1. The molecule has 16 heavy (non-hydrogen) atoms. The summed E-state index contributed by atoms with van der Waals surface area (Å²) in [6, 6.07) is 5.52. The lowest BCUT2D eigenvalue weighted by molar-refractivity contribution is 0.0954. The summed E-state index contributed by atoms with van der Waals surface area (Å²) < 4.78 is 12.8. The topological polar surface area (TPSA) is 41.5 Å². The Balaban J connectivity index is 2.69. The summed E-state index contributed by atoms with van der Waals surface area (Å²) in [5.41, 5.74) is 3.59. The number of nitrogens with one attached hydrogen (secondary N) is 1.